The van der Waals surface area contributed by atoms with Gasteiger partial charge in [-0.1, -0.05) is 42.1 Å². The smallest absolute Gasteiger partial charge is 0.263 e. The molecule has 0 aliphatic carbocycles. The van der Waals surface area contributed by atoms with Crippen LogP contribution < -0.4 is 0 Å². The number of benzene rings is 1. The summed E-state index contributed by atoms with van der Waals surface area (Å²) in [6.07, 6.45) is 1.82. The van der Waals surface area contributed by atoms with Gasteiger partial charge in [-0.15, -0.1) is 0 Å². The third-order valence-electron chi connectivity index (χ3n) is 3.17. The fourth-order valence-electron chi connectivity index (χ4n) is 2.04. The van der Waals surface area contributed by atoms with E-state index in [-0.39, 0.29) is 11.9 Å². The van der Waals surface area contributed by atoms with E-state index in [2.05, 4.69) is 11.1 Å². The van der Waals surface area contributed by atoms with E-state index in [0.717, 1.165) is 11.3 Å². The lowest BCUT2D eigenvalue weighted by atomic mass is 10.1. The van der Waals surface area contributed by atoms with Crippen LogP contribution in [0.15, 0.2) is 41.6 Å². The number of carbonyl (C=O) groups is 1. The van der Waals surface area contributed by atoms with Crippen molar-refractivity contribution in [1.29, 1.82) is 5.26 Å². The topological polar surface area (TPSA) is 65.7 Å². The average molecular weight is 315 g/mol. The summed E-state index contributed by atoms with van der Waals surface area (Å²) in [6.45, 7) is 0. The highest BCUT2D eigenvalue weighted by molar-refractivity contribution is 8.14. The Bertz CT molecular complexity index is 635. The highest BCUT2D eigenvalue weighted by atomic mass is 32.2. The first-order valence-corrected chi connectivity index (χ1v) is 7.80. The van der Waals surface area contributed by atoms with Crippen molar-refractivity contribution in [1.82, 2.24) is 4.90 Å². The van der Waals surface area contributed by atoms with E-state index in [4.69, 9.17) is 10.00 Å². The molecular weight excluding hydrogens is 298 g/mol. The molecule has 1 aromatic carbocycles. The number of carbonyl (C=O) groups excluding carboxylic acids is 1. The second kappa shape index (κ2) is 7.66. The molecule has 2 rings (SSSR count). The fraction of sp³-hybridized carbons (Fsp3) is 0.312. The lowest BCUT2D eigenvalue weighted by Gasteiger charge is -2.18. The SMILES string of the molecule is CO/C=C(/C(=O)N(C)C1=NC(CC#N)CS1)c1ccccc1. The zero-order valence-corrected chi connectivity index (χ0v) is 13.3. The lowest BCUT2D eigenvalue weighted by molar-refractivity contribution is -0.120. The predicted octanol–water partition coefficient (Wildman–Crippen LogP) is 2.52. The van der Waals surface area contributed by atoms with Gasteiger partial charge in [0.05, 0.1) is 37.5 Å². The molecule has 1 aliphatic rings. The molecule has 0 radical (unpaired) electrons. The summed E-state index contributed by atoms with van der Waals surface area (Å²) in [5, 5.41) is 9.37. The van der Waals surface area contributed by atoms with Crippen molar-refractivity contribution in [2.45, 2.75) is 12.5 Å². The maximum atomic E-state index is 12.7. The van der Waals surface area contributed by atoms with Crippen LogP contribution in [0, 0.1) is 11.3 Å². The number of likely N-dealkylation sites (N-methyl/N-ethyl adjacent to an activating group) is 1. The molecular formula is C16H17N3O2S. The van der Waals surface area contributed by atoms with E-state index in [1.165, 1.54) is 30.0 Å². The minimum absolute atomic E-state index is 0.0353. The second-order valence-corrected chi connectivity index (χ2v) is 5.72. The number of thioether (sulfide) groups is 1. The Kier molecular flexibility index (Phi) is 5.61. The molecule has 0 N–H and O–H groups in total. The van der Waals surface area contributed by atoms with Crippen LogP contribution in [0.1, 0.15) is 12.0 Å². The fourth-order valence-corrected chi connectivity index (χ4v) is 3.07. The quantitative estimate of drug-likeness (QED) is 0.632. The second-order valence-electron chi connectivity index (χ2n) is 4.74. The molecule has 22 heavy (non-hydrogen) atoms. The number of nitriles is 1. The molecule has 114 valence electrons. The largest absolute Gasteiger partial charge is 0.504 e. The van der Waals surface area contributed by atoms with Crippen molar-refractivity contribution in [3.05, 3.63) is 42.2 Å². The van der Waals surface area contributed by atoms with Crippen molar-refractivity contribution < 1.29 is 9.53 Å². The molecule has 1 atom stereocenters. The van der Waals surface area contributed by atoms with E-state index in [9.17, 15) is 4.79 Å². The van der Waals surface area contributed by atoms with Gasteiger partial charge in [-0.3, -0.25) is 14.7 Å². The summed E-state index contributed by atoms with van der Waals surface area (Å²) in [7, 11) is 3.20. The van der Waals surface area contributed by atoms with E-state index >= 15 is 0 Å². The van der Waals surface area contributed by atoms with Crippen LogP contribution in [0.5, 0.6) is 0 Å². The zero-order valence-electron chi connectivity index (χ0n) is 12.5. The van der Waals surface area contributed by atoms with Crippen LogP contribution in [0.4, 0.5) is 0 Å². The number of rotatable bonds is 4. The van der Waals surface area contributed by atoms with E-state index in [0.29, 0.717) is 17.2 Å². The Morgan fingerprint density at radius 3 is 2.91 bits per heavy atom. The minimum atomic E-state index is -0.183. The van der Waals surface area contributed by atoms with Gasteiger partial charge in [-0.2, -0.15) is 5.26 Å². The van der Waals surface area contributed by atoms with Crippen LogP contribution >= 0.6 is 11.8 Å². The Labute approximate surface area is 134 Å². The van der Waals surface area contributed by atoms with Crippen LogP contribution in [-0.4, -0.2) is 41.9 Å². The summed E-state index contributed by atoms with van der Waals surface area (Å²) in [6, 6.07) is 11.4. The molecule has 1 aromatic rings. The van der Waals surface area contributed by atoms with E-state index < -0.39 is 0 Å². The average Bonchev–Trinajstić information content (AvgIpc) is 3.01. The molecule has 0 saturated heterocycles. The molecule has 0 bridgehead atoms. The van der Waals surface area contributed by atoms with Gasteiger partial charge in [0, 0.05) is 12.8 Å². The van der Waals surface area contributed by atoms with Crippen molar-refractivity contribution in [2.24, 2.45) is 4.99 Å². The van der Waals surface area contributed by atoms with Crippen molar-refractivity contribution in [2.75, 3.05) is 19.9 Å². The number of amides is 1. The predicted molar refractivity (Wildman–Crippen MR) is 88.1 cm³/mol. The zero-order chi connectivity index (χ0) is 15.9. The van der Waals surface area contributed by atoms with Crippen LogP contribution in [0.3, 0.4) is 0 Å². The van der Waals surface area contributed by atoms with Gasteiger partial charge in [-0.05, 0) is 5.56 Å². The van der Waals surface area contributed by atoms with Gasteiger partial charge in [0.1, 0.15) is 0 Å². The molecule has 0 fully saturated rings. The van der Waals surface area contributed by atoms with Gasteiger partial charge in [0.2, 0.25) is 0 Å². The number of hydrogen-bond donors (Lipinski definition) is 0. The number of nitrogens with zero attached hydrogens (tertiary/aromatic N) is 3. The third kappa shape index (κ3) is 3.68. The van der Waals surface area contributed by atoms with Gasteiger partial charge in [0.25, 0.3) is 5.91 Å². The summed E-state index contributed by atoms with van der Waals surface area (Å²) in [5.41, 5.74) is 1.26. The molecule has 6 heteroatoms. The summed E-state index contributed by atoms with van der Waals surface area (Å²) in [5.74, 6) is 0.548. The number of ether oxygens (including phenoxy) is 1. The number of aliphatic imine (C=N–C) groups is 1. The van der Waals surface area contributed by atoms with Crippen LogP contribution in [-0.2, 0) is 9.53 Å². The lowest BCUT2D eigenvalue weighted by Crippen LogP contribution is -2.31. The number of methoxy groups -OCH3 is 1. The summed E-state index contributed by atoms with van der Waals surface area (Å²) < 4.78 is 5.05. The molecule has 0 aromatic heterocycles. The molecule has 1 amide bonds. The van der Waals surface area contributed by atoms with Crippen LogP contribution in [0.2, 0.25) is 0 Å². The van der Waals surface area contributed by atoms with E-state index in [1.807, 2.05) is 30.3 Å². The first kappa shape index (κ1) is 16.1. The van der Waals surface area contributed by atoms with Gasteiger partial charge < -0.3 is 4.74 Å². The van der Waals surface area contributed by atoms with Crippen molar-refractivity contribution >= 4 is 28.4 Å². The Morgan fingerprint density at radius 1 is 1.55 bits per heavy atom. The number of hydrogen-bond acceptors (Lipinski definition) is 5. The minimum Gasteiger partial charge on any atom is -0.504 e. The van der Waals surface area contributed by atoms with Gasteiger partial charge in [0.15, 0.2) is 5.17 Å². The maximum Gasteiger partial charge on any atom is 0.263 e. The van der Waals surface area contributed by atoms with Gasteiger partial charge in [-0.25, -0.2) is 0 Å². The maximum absolute atomic E-state index is 12.7. The van der Waals surface area contributed by atoms with Crippen molar-refractivity contribution in [3.8, 4) is 6.07 Å². The summed E-state index contributed by atoms with van der Waals surface area (Å²) in [4.78, 5) is 18.6. The van der Waals surface area contributed by atoms with Crippen molar-refractivity contribution in [3.63, 3.8) is 0 Å². The highest BCUT2D eigenvalue weighted by Gasteiger charge is 2.26. The van der Waals surface area contributed by atoms with E-state index in [1.54, 1.807) is 7.05 Å². The Balaban J connectivity index is 2.20. The monoisotopic (exact) mass is 315 g/mol. The summed E-state index contributed by atoms with van der Waals surface area (Å²) >= 11 is 1.49. The number of amidine groups is 1. The Hall–Kier alpha value is -2.26. The molecule has 0 spiro atoms. The molecule has 0 saturated carbocycles. The third-order valence-corrected chi connectivity index (χ3v) is 4.36. The Morgan fingerprint density at radius 2 is 2.27 bits per heavy atom. The molecule has 5 nitrogen and oxygen atoms in total. The molecule has 1 unspecified atom stereocenters. The van der Waals surface area contributed by atoms with Crippen LogP contribution in [0.25, 0.3) is 5.57 Å². The first-order chi connectivity index (χ1) is 10.7. The highest BCUT2D eigenvalue weighted by Crippen LogP contribution is 2.25. The molecule has 1 aliphatic heterocycles. The standard InChI is InChI=1S/C16H17N3O2S/c1-19(16-18-13(8-9-17)11-22-16)15(20)14(10-21-2)12-6-4-3-5-7-12/h3-7,10,13H,8,11H2,1-2H3/b14-10+. The normalized spacial score (nSPS) is 17.6. The molecule has 1 heterocycles. The van der Waals surface area contributed by atoms with Gasteiger partial charge >= 0.3 is 0 Å². The first-order valence-electron chi connectivity index (χ1n) is 6.81.